The lowest BCUT2D eigenvalue weighted by atomic mass is 9.46. The Kier molecular flexibility index (Phi) is 2.50. The van der Waals surface area contributed by atoms with Crippen LogP contribution < -0.4 is 0 Å². The standard InChI is InChI=1S/C15H26/c1-10-11(2)13(4,5)15(8,9)14(6,7)12(10)3/h2H2,1,3-9H3. The van der Waals surface area contributed by atoms with E-state index in [2.05, 4.69) is 62.0 Å². The van der Waals surface area contributed by atoms with Crippen LogP contribution in [0.1, 0.15) is 55.4 Å². The summed E-state index contributed by atoms with van der Waals surface area (Å²) >= 11 is 0. The first-order valence-corrected chi connectivity index (χ1v) is 5.85. The second kappa shape index (κ2) is 2.99. The van der Waals surface area contributed by atoms with Gasteiger partial charge < -0.3 is 0 Å². The third-order valence-corrected chi connectivity index (χ3v) is 5.83. The normalized spacial score (nSPS) is 28.1. The third kappa shape index (κ3) is 1.26. The Labute approximate surface area is 95.5 Å². The summed E-state index contributed by atoms with van der Waals surface area (Å²) in [4.78, 5) is 0. The van der Waals surface area contributed by atoms with E-state index < -0.39 is 0 Å². The van der Waals surface area contributed by atoms with E-state index >= 15 is 0 Å². The molecule has 0 N–H and O–H groups in total. The number of rotatable bonds is 0. The summed E-state index contributed by atoms with van der Waals surface area (Å²) < 4.78 is 0. The van der Waals surface area contributed by atoms with Crippen molar-refractivity contribution < 1.29 is 0 Å². The number of hydrogen-bond acceptors (Lipinski definition) is 0. The van der Waals surface area contributed by atoms with E-state index in [4.69, 9.17) is 0 Å². The van der Waals surface area contributed by atoms with Crippen molar-refractivity contribution in [3.63, 3.8) is 0 Å². The van der Waals surface area contributed by atoms with Gasteiger partial charge in [-0.3, -0.25) is 0 Å². The van der Waals surface area contributed by atoms with Crippen LogP contribution in [0, 0.1) is 16.2 Å². The van der Waals surface area contributed by atoms with E-state index in [-0.39, 0.29) is 16.2 Å². The summed E-state index contributed by atoms with van der Waals surface area (Å²) in [5.74, 6) is 0. The highest BCUT2D eigenvalue weighted by molar-refractivity contribution is 5.44. The van der Waals surface area contributed by atoms with Crippen LogP contribution in [0.4, 0.5) is 0 Å². The Morgan fingerprint density at radius 1 is 0.800 bits per heavy atom. The molecule has 0 heteroatoms. The summed E-state index contributed by atoms with van der Waals surface area (Å²) in [6, 6.07) is 0. The van der Waals surface area contributed by atoms with Gasteiger partial charge in [0.05, 0.1) is 0 Å². The molecule has 0 spiro atoms. The van der Waals surface area contributed by atoms with Crippen molar-refractivity contribution in [2.45, 2.75) is 55.4 Å². The van der Waals surface area contributed by atoms with Crippen LogP contribution >= 0.6 is 0 Å². The molecule has 1 rings (SSSR count). The average molecular weight is 206 g/mol. The fourth-order valence-corrected chi connectivity index (χ4v) is 2.79. The molecule has 86 valence electrons. The van der Waals surface area contributed by atoms with Crippen LogP contribution in [-0.4, -0.2) is 0 Å². The van der Waals surface area contributed by atoms with Gasteiger partial charge >= 0.3 is 0 Å². The topological polar surface area (TPSA) is 0 Å². The molecule has 0 aliphatic heterocycles. The Balaban J connectivity index is 3.56. The highest BCUT2D eigenvalue weighted by Crippen LogP contribution is 2.62. The van der Waals surface area contributed by atoms with Crippen LogP contribution in [0.15, 0.2) is 23.3 Å². The van der Waals surface area contributed by atoms with E-state index in [1.165, 1.54) is 16.7 Å². The first-order chi connectivity index (χ1) is 6.48. The molecule has 15 heavy (non-hydrogen) atoms. The van der Waals surface area contributed by atoms with Crippen LogP contribution in [0.5, 0.6) is 0 Å². The Morgan fingerprint density at radius 2 is 1.20 bits per heavy atom. The molecule has 0 nitrogen and oxygen atoms in total. The molecule has 0 saturated heterocycles. The lowest BCUT2D eigenvalue weighted by Crippen LogP contribution is -2.49. The number of allylic oxidation sites excluding steroid dienone is 3. The molecule has 0 fully saturated rings. The highest BCUT2D eigenvalue weighted by atomic mass is 14.6. The minimum Gasteiger partial charge on any atom is -0.0950 e. The van der Waals surface area contributed by atoms with Gasteiger partial charge in [-0.15, -0.1) is 0 Å². The molecule has 0 saturated carbocycles. The average Bonchev–Trinajstić information content (AvgIpc) is 2.12. The van der Waals surface area contributed by atoms with E-state index in [0.717, 1.165) is 0 Å². The molecule has 0 atom stereocenters. The van der Waals surface area contributed by atoms with Crippen molar-refractivity contribution in [2.24, 2.45) is 16.2 Å². The smallest absolute Gasteiger partial charge is 0.00475 e. The van der Waals surface area contributed by atoms with Crippen LogP contribution in [-0.2, 0) is 0 Å². The van der Waals surface area contributed by atoms with Gasteiger partial charge in [0, 0.05) is 0 Å². The van der Waals surface area contributed by atoms with Crippen molar-refractivity contribution in [3.8, 4) is 0 Å². The summed E-state index contributed by atoms with van der Waals surface area (Å²) in [5, 5.41) is 0. The van der Waals surface area contributed by atoms with E-state index in [0.29, 0.717) is 0 Å². The molecule has 0 amide bonds. The first kappa shape index (κ1) is 12.5. The highest BCUT2D eigenvalue weighted by Gasteiger charge is 2.53. The third-order valence-electron chi connectivity index (χ3n) is 5.83. The molecule has 0 bridgehead atoms. The maximum Gasteiger partial charge on any atom is -0.00475 e. The molecule has 0 aromatic carbocycles. The molecule has 1 aliphatic carbocycles. The SMILES string of the molecule is C=C1C(C)=C(C)C(C)(C)C(C)(C)C1(C)C. The lowest BCUT2D eigenvalue weighted by molar-refractivity contribution is 0.0213. The number of hydrogen-bond donors (Lipinski definition) is 0. The Bertz CT molecular complexity index is 335. The van der Waals surface area contributed by atoms with Crippen LogP contribution in [0.3, 0.4) is 0 Å². The van der Waals surface area contributed by atoms with E-state index in [9.17, 15) is 0 Å². The Morgan fingerprint density at radius 3 is 1.60 bits per heavy atom. The van der Waals surface area contributed by atoms with Crippen molar-refractivity contribution in [1.82, 2.24) is 0 Å². The fraction of sp³-hybridized carbons (Fsp3) is 0.733. The van der Waals surface area contributed by atoms with Crippen LogP contribution in [0.2, 0.25) is 0 Å². The summed E-state index contributed by atoms with van der Waals surface area (Å²) in [5.41, 5.74) is 4.85. The monoisotopic (exact) mass is 206 g/mol. The Hall–Kier alpha value is -0.520. The van der Waals surface area contributed by atoms with Gasteiger partial charge in [0.25, 0.3) is 0 Å². The van der Waals surface area contributed by atoms with Gasteiger partial charge in [0.2, 0.25) is 0 Å². The van der Waals surface area contributed by atoms with Crippen LogP contribution in [0.25, 0.3) is 0 Å². The van der Waals surface area contributed by atoms with Crippen molar-refractivity contribution in [1.29, 1.82) is 0 Å². The molecular formula is C15H26. The van der Waals surface area contributed by atoms with Crippen molar-refractivity contribution in [2.75, 3.05) is 0 Å². The maximum atomic E-state index is 4.30. The van der Waals surface area contributed by atoms with Gasteiger partial charge in [0.15, 0.2) is 0 Å². The van der Waals surface area contributed by atoms with Crippen molar-refractivity contribution >= 4 is 0 Å². The molecule has 0 unspecified atom stereocenters. The summed E-state index contributed by atoms with van der Waals surface area (Å²) in [6.45, 7) is 22.9. The second-order valence-corrected chi connectivity index (χ2v) is 6.60. The molecule has 0 heterocycles. The molecular weight excluding hydrogens is 180 g/mol. The molecule has 0 radical (unpaired) electrons. The zero-order valence-electron chi connectivity index (χ0n) is 11.7. The zero-order valence-corrected chi connectivity index (χ0v) is 11.7. The predicted molar refractivity (Wildman–Crippen MR) is 68.9 cm³/mol. The van der Waals surface area contributed by atoms with E-state index in [1.807, 2.05) is 0 Å². The van der Waals surface area contributed by atoms with E-state index in [1.54, 1.807) is 0 Å². The molecule has 0 aromatic heterocycles. The van der Waals surface area contributed by atoms with Gasteiger partial charge in [0.1, 0.15) is 0 Å². The first-order valence-electron chi connectivity index (χ1n) is 5.85. The predicted octanol–water partition coefficient (Wildman–Crippen LogP) is 4.97. The quantitative estimate of drug-likeness (QED) is 0.525. The molecule has 1 aliphatic rings. The van der Waals surface area contributed by atoms with Crippen molar-refractivity contribution in [3.05, 3.63) is 23.3 Å². The summed E-state index contributed by atoms with van der Waals surface area (Å²) in [7, 11) is 0. The maximum absolute atomic E-state index is 4.30. The summed E-state index contributed by atoms with van der Waals surface area (Å²) in [6.07, 6.45) is 0. The van der Waals surface area contributed by atoms with Gasteiger partial charge in [-0.2, -0.15) is 0 Å². The zero-order chi connectivity index (χ0) is 12.2. The molecule has 0 aromatic rings. The minimum absolute atomic E-state index is 0.167. The van der Waals surface area contributed by atoms with Gasteiger partial charge in [-0.25, -0.2) is 0 Å². The lowest BCUT2D eigenvalue weighted by Gasteiger charge is -2.58. The minimum atomic E-state index is 0.167. The largest absolute Gasteiger partial charge is 0.0950 e. The second-order valence-electron chi connectivity index (χ2n) is 6.60. The van der Waals surface area contributed by atoms with Gasteiger partial charge in [-0.05, 0) is 41.2 Å². The fourth-order valence-electron chi connectivity index (χ4n) is 2.79. The van der Waals surface area contributed by atoms with Gasteiger partial charge in [-0.1, -0.05) is 53.7 Å².